The van der Waals surface area contributed by atoms with E-state index >= 15 is 0 Å². The van der Waals surface area contributed by atoms with Crippen molar-refractivity contribution < 1.29 is 4.79 Å². The van der Waals surface area contributed by atoms with Crippen molar-refractivity contribution in [3.05, 3.63) is 30.3 Å². The molecule has 0 aliphatic heterocycles. The number of benzene rings is 1. The summed E-state index contributed by atoms with van der Waals surface area (Å²) in [7, 11) is 0. The first-order valence-electron chi connectivity index (χ1n) is 2.52. The van der Waals surface area contributed by atoms with Crippen LogP contribution in [-0.2, 0) is 16.1 Å². The van der Waals surface area contributed by atoms with Gasteiger partial charge in [-0.3, -0.25) is 0 Å². The van der Waals surface area contributed by atoms with Gasteiger partial charge >= 0.3 is 16.6 Å². The van der Waals surface area contributed by atoms with Gasteiger partial charge in [0.2, 0.25) is 4.90 Å². The molecule has 0 unspecified atom stereocenters. The molecule has 0 saturated carbocycles. The Morgan fingerprint density at radius 1 is 1.20 bits per heavy atom. The quantitative estimate of drug-likeness (QED) is 0.337. The first kappa shape index (κ1) is 10.0. The standard InChI is InChI=1S/C7H5OS.Na/c8-6-9-7-4-2-1-3-5-7;/h1-5H;/q+1;. The minimum absolute atomic E-state index is 0. The van der Waals surface area contributed by atoms with E-state index in [4.69, 9.17) is 0 Å². The van der Waals surface area contributed by atoms with Gasteiger partial charge in [-0.05, 0) is 0 Å². The Morgan fingerprint density at radius 2 is 1.80 bits per heavy atom. The van der Waals surface area contributed by atoms with Crippen LogP contribution < -0.4 is 0 Å². The smallest absolute Gasteiger partial charge is 0.166 e. The second-order valence-corrected chi connectivity index (χ2v) is 2.34. The molecule has 1 nitrogen and oxygen atoms in total. The summed E-state index contributed by atoms with van der Waals surface area (Å²) in [4.78, 5) is 10.7. The van der Waals surface area contributed by atoms with E-state index in [2.05, 4.69) is 0 Å². The van der Waals surface area contributed by atoms with E-state index in [0.29, 0.717) is 0 Å². The van der Waals surface area contributed by atoms with Crippen LogP contribution in [0.25, 0.3) is 0 Å². The van der Waals surface area contributed by atoms with Crippen LogP contribution in [0.5, 0.6) is 0 Å². The summed E-state index contributed by atoms with van der Waals surface area (Å²) in [6.07, 6.45) is 0. The van der Waals surface area contributed by atoms with Gasteiger partial charge in [-0.2, -0.15) is 4.79 Å². The van der Waals surface area contributed by atoms with E-state index < -0.39 is 0 Å². The second-order valence-electron chi connectivity index (χ2n) is 1.50. The molecule has 1 rings (SSSR count). The normalized spacial score (nSPS) is 7.20. The molecule has 0 aliphatic rings. The van der Waals surface area contributed by atoms with E-state index in [1.807, 2.05) is 30.3 Å². The Hall–Kier alpha value is 0.0200. The van der Waals surface area contributed by atoms with Crippen molar-refractivity contribution in [3.63, 3.8) is 0 Å². The van der Waals surface area contributed by atoms with Gasteiger partial charge in [-0.25, -0.2) is 0 Å². The van der Waals surface area contributed by atoms with E-state index in [1.165, 1.54) is 0 Å². The summed E-state index contributed by atoms with van der Waals surface area (Å²) in [5.74, 6) is 0. The van der Waals surface area contributed by atoms with Gasteiger partial charge in [0, 0.05) is 41.7 Å². The zero-order valence-electron chi connectivity index (χ0n) is 5.70. The fourth-order valence-corrected chi connectivity index (χ4v) is 0.926. The fraction of sp³-hybridized carbons (Fsp3) is 0. The Bertz CT molecular complexity index is 229. The van der Waals surface area contributed by atoms with Crippen molar-refractivity contribution in [2.75, 3.05) is 0 Å². The Balaban J connectivity index is 0.000000810. The summed E-state index contributed by atoms with van der Waals surface area (Å²) in [6, 6.07) is 9.43. The van der Waals surface area contributed by atoms with Crippen LogP contribution in [-0.4, -0.2) is 34.8 Å². The maximum atomic E-state index is 9.81. The van der Waals surface area contributed by atoms with E-state index in [1.54, 1.807) is 5.23 Å². The molecule has 3 heteroatoms. The zero-order valence-corrected chi connectivity index (χ0v) is 8.52. The van der Waals surface area contributed by atoms with Gasteiger partial charge in [-0.1, -0.05) is 18.2 Å². The van der Waals surface area contributed by atoms with Gasteiger partial charge in [0.1, 0.15) is 0 Å². The number of rotatable bonds is 1. The predicted molar refractivity (Wildman–Crippen MR) is 43.5 cm³/mol. The molecule has 0 aromatic heterocycles. The van der Waals surface area contributed by atoms with Gasteiger partial charge < -0.3 is 0 Å². The molecule has 0 N–H and O–H groups in total. The average molecular weight is 160 g/mol. The average Bonchev–Trinajstić information content (AvgIpc) is 1.91. The van der Waals surface area contributed by atoms with Crippen LogP contribution in [0.3, 0.4) is 0 Å². The molecule has 10 heavy (non-hydrogen) atoms. The van der Waals surface area contributed by atoms with Crippen molar-refractivity contribution >= 4 is 46.1 Å². The third-order valence-electron chi connectivity index (χ3n) is 0.903. The maximum Gasteiger partial charge on any atom is 0.439 e. The second kappa shape index (κ2) is 5.78. The topological polar surface area (TPSA) is 17.1 Å². The van der Waals surface area contributed by atoms with Gasteiger partial charge in [0.15, 0.2) is 0 Å². The zero-order chi connectivity index (χ0) is 6.53. The van der Waals surface area contributed by atoms with Crippen LogP contribution >= 0.6 is 0 Å². The summed E-state index contributed by atoms with van der Waals surface area (Å²) >= 11 is 1.07. The molecule has 0 atom stereocenters. The molecular weight excluding hydrogens is 155 g/mol. The molecule has 0 bridgehead atoms. The fourth-order valence-electron chi connectivity index (χ4n) is 0.537. The third kappa shape index (κ3) is 3.25. The van der Waals surface area contributed by atoms with Crippen molar-refractivity contribution in [1.82, 2.24) is 0 Å². The van der Waals surface area contributed by atoms with Crippen LogP contribution in [0.1, 0.15) is 0 Å². The molecular formula is C7H5NaOS+. The third-order valence-corrected chi connectivity index (χ3v) is 1.49. The number of hydrogen-bond acceptors (Lipinski definition) is 1. The maximum absolute atomic E-state index is 9.81. The molecule has 1 radical (unpaired) electrons. The van der Waals surface area contributed by atoms with Crippen molar-refractivity contribution in [3.8, 4) is 0 Å². The Labute approximate surface area is 85.7 Å². The van der Waals surface area contributed by atoms with Crippen molar-refractivity contribution in [2.24, 2.45) is 0 Å². The van der Waals surface area contributed by atoms with E-state index in [0.717, 1.165) is 16.2 Å². The number of carbonyl (C=O) groups excluding carboxylic acids is 1. The SMILES string of the molecule is O=C=[S+]c1ccccc1.[Na]. The molecule has 0 heterocycles. The number of hydrogen-bond donors (Lipinski definition) is 0. The molecule has 45 valence electrons. The monoisotopic (exact) mass is 160 g/mol. The molecule has 0 aliphatic carbocycles. The van der Waals surface area contributed by atoms with Crippen LogP contribution in [0.15, 0.2) is 35.2 Å². The largest absolute Gasteiger partial charge is 0.439 e. The van der Waals surface area contributed by atoms with Gasteiger partial charge in [-0.15, -0.1) is 0 Å². The van der Waals surface area contributed by atoms with Gasteiger partial charge in [0.25, 0.3) is 0 Å². The molecule has 0 spiro atoms. The molecule has 1 aromatic rings. The predicted octanol–water partition coefficient (Wildman–Crippen LogP) is 0.814. The molecule has 1 aromatic carbocycles. The molecule has 0 saturated heterocycles. The van der Waals surface area contributed by atoms with E-state index in [-0.39, 0.29) is 29.6 Å². The van der Waals surface area contributed by atoms with E-state index in [9.17, 15) is 4.79 Å². The summed E-state index contributed by atoms with van der Waals surface area (Å²) < 4.78 is 0. The molecule has 0 amide bonds. The van der Waals surface area contributed by atoms with Crippen LogP contribution in [0.2, 0.25) is 0 Å². The minimum Gasteiger partial charge on any atom is -0.166 e. The van der Waals surface area contributed by atoms with Crippen molar-refractivity contribution in [1.29, 1.82) is 0 Å². The first-order chi connectivity index (χ1) is 4.43. The molecule has 0 fully saturated rings. The Kier molecular flexibility index (Phi) is 5.79. The van der Waals surface area contributed by atoms with Gasteiger partial charge in [0.05, 0.1) is 0 Å². The minimum atomic E-state index is 0. The summed E-state index contributed by atoms with van der Waals surface area (Å²) in [5.41, 5.74) is 0. The summed E-state index contributed by atoms with van der Waals surface area (Å²) in [5, 5.41) is 1.75. The van der Waals surface area contributed by atoms with Crippen LogP contribution in [0, 0.1) is 0 Å². The van der Waals surface area contributed by atoms with Crippen LogP contribution in [0.4, 0.5) is 0 Å². The first-order valence-corrected chi connectivity index (χ1v) is 3.34. The summed E-state index contributed by atoms with van der Waals surface area (Å²) in [6.45, 7) is 0. The van der Waals surface area contributed by atoms with Crippen molar-refractivity contribution in [2.45, 2.75) is 4.90 Å². The Morgan fingerprint density at radius 3 is 2.30 bits per heavy atom.